The molecule has 3 aromatic rings. The van der Waals surface area contributed by atoms with E-state index in [0.29, 0.717) is 5.69 Å². The Hall–Kier alpha value is -2.95. The predicted molar refractivity (Wildman–Crippen MR) is 98.4 cm³/mol. The molecular formula is C18H15ClF4N6O. The highest BCUT2D eigenvalue weighted by Gasteiger charge is 2.38. The van der Waals surface area contributed by atoms with Crippen LogP contribution < -0.4 is 5.32 Å². The van der Waals surface area contributed by atoms with E-state index in [1.54, 1.807) is 0 Å². The van der Waals surface area contributed by atoms with Crippen LogP contribution in [0.5, 0.6) is 0 Å². The lowest BCUT2D eigenvalue weighted by Gasteiger charge is -2.06. The van der Waals surface area contributed by atoms with E-state index in [-0.39, 0.29) is 29.0 Å². The third-order valence-electron chi connectivity index (χ3n) is 4.56. The lowest BCUT2D eigenvalue weighted by Crippen LogP contribution is -2.22. The van der Waals surface area contributed by atoms with Crippen LogP contribution in [0.15, 0.2) is 30.6 Å². The summed E-state index contributed by atoms with van der Waals surface area (Å²) < 4.78 is 55.1. The van der Waals surface area contributed by atoms with Gasteiger partial charge in [-0.15, -0.1) is 5.10 Å². The van der Waals surface area contributed by atoms with Crippen molar-refractivity contribution in [1.82, 2.24) is 24.5 Å². The van der Waals surface area contributed by atoms with E-state index < -0.39 is 30.1 Å². The number of amides is 1. The average molecular weight is 443 g/mol. The van der Waals surface area contributed by atoms with Gasteiger partial charge in [-0.05, 0) is 31.0 Å². The molecule has 0 spiro atoms. The van der Waals surface area contributed by atoms with Crippen LogP contribution in [0.1, 0.15) is 35.7 Å². The maximum Gasteiger partial charge on any atom is 0.435 e. The number of nitrogens with zero attached hydrogens (tertiary/aromatic N) is 5. The number of carbonyl (C=O) groups is 1. The third kappa shape index (κ3) is 4.45. The van der Waals surface area contributed by atoms with Crippen LogP contribution in [-0.4, -0.2) is 30.5 Å². The molecule has 1 aliphatic rings. The SMILES string of the molecule is O=C(Cn1nc(C(F)(F)F)cc1C1CC1)Nc1ncn(Cc2c(F)cccc2Cl)n1. The number of hydrogen-bond acceptors (Lipinski definition) is 4. The van der Waals surface area contributed by atoms with Crippen molar-refractivity contribution in [3.63, 3.8) is 0 Å². The lowest BCUT2D eigenvalue weighted by atomic mass is 10.2. The Balaban J connectivity index is 1.44. The van der Waals surface area contributed by atoms with E-state index in [2.05, 4.69) is 20.5 Å². The number of halogens is 5. The first-order chi connectivity index (χ1) is 14.2. The van der Waals surface area contributed by atoms with Crippen molar-refractivity contribution in [3.8, 4) is 0 Å². The zero-order valence-corrected chi connectivity index (χ0v) is 16.1. The summed E-state index contributed by atoms with van der Waals surface area (Å²) in [5, 5.41) is 10.2. The monoisotopic (exact) mass is 442 g/mol. The summed E-state index contributed by atoms with van der Waals surface area (Å²) in [5.74, 6) is -1.22. The van der Waals surface area contributed by atoms with Gasteiger partial charge < -0.3 is 0 Å². The summed E-state index contributed by atoms with van der Waals surface area (Å²) in [7, 11) is 0. The van der Waals surface area contributed by atoms with Crippen LogP contribution >= 0.6 is 11.6 Å². The second-order valence-corrected chi connectivity index (χ2v) is 7.31. The van der Waals surface area contributed by atoms with Gasteiger partial charge in [0, 0.05) is 22.2 Å². The van der Waals surface area contributed by atoms with Crippen LogP contribution in [-0.2, 0) is 24.1 Å². The van der Waals surface area contributed by atoms with Crippen molar-refractivity contribution in [2.45, 2.75) is 38.0 Å². The molecule has 2 heterocycles. The number of alkyl halides is 3. The minimum absolute atomic E-state index is 0.00565. The Kier molecular flexibility index (Phi) is 5.22. The molecule has 1 aliphatic carbocycles. The topological polar surface area (TPSA) is 77.6 Å². The molecule has 12 heteroatoms. The molecule has 1 fully saturated rings. The number of anilines is 1. The third-order valence-corrected chi connectivity index (χ3v) is 4.91. The average Bonchev–Trinajstić information content (AvgIpc) is 3.26. The van der Waals surface area contributed by atoms with Crippen LogP contribution in [0.2, 0.25) is 5.02 Å². The van der Waals surface area contributed by atoms with E-state index in [1.807, 2.05) is 0 Å². The smallest absolute Gasteiger partial charge is 0.292 e. The molecule has 1 saturated carbocycles. The maximum absolute atomic E-state index is 13.9. The van der Waals surface area contributed by atoms with E-state index in [0.717, 1.165) is 23.6 Å². The van der Waals surface area contributed by atoms with E-state index in [1.165, 1.54) is 29.2 Å². The minimum atomic E-state index is -4.58. The maximum atomic E-state index is 13.9. The summed E-state index contributed by atoms with van der Waals surface area (Å²) >= 11 is 5.98. The van der Waals surface area contributed by atoms with E-state index in [9.17, 15) is 22.4 Å². The van der Waals surface area contributed by atoms with Gasteiger partial charge in [-0.25, -0.2) is 14.1 Å². The molecule has 0 atom stereocenters. The zero-order valence-electron chi connectivity index (χ0n) is 15.3. The Labute approximate surface area is 172 Å². The zero-order chi connectivity index (χ0) is 21.5. The number of aromatic nitrogens is 5. The summed E-state index contributed by atoms with van der Waals surface area (Å²) in [6, 6.07) is 5.26. The Morgan fingerprint density at radius 1 is 1.27 bits per heavy atom. The van der Waals surface area contributed by atoms with Crippen LogP contribution in [0.25, 0.3) is 0 Å². The molecule has 4 rings (SSSR count). The Bertz CT molecular complexity index is 1070. The molecule has 0 radical (unpaired) electrons. The molecular weight excluding hydrogens is 428 g/mol. The van der Waals surface area contributed by atoms with Gasteiger partial charge in [-0.3, -0.25) is 14.8 Å². The molecule has 2 aromatic heterocycles. The van der Waals surface area contributed by atoms with Crippen molar-refractivity contribution in [1.29, 1.82) is 0 Å². The van der Waals surface area contributed by atoms with Gasteiger partial charge in [0.05, 0.1) is 6.54 Å². The fraction of sp³-hybridized carbons (Fsp3) is 0.333. The molecule has 0 saturated heterocycles. The first kappa shape index (κ1) is 20.3. The Morgan fingerprint density at radius 2 is 2.03 bits per heavy atom. The van der Waals surface area contributed by atoms with Gasteiger partial charge in [0.15, 0.2) is 5.69 Å². The summed E-state index contributed by atoms with van der Waals surface area (Å²) in [5.41, 5.74) is -0.432. The van der Waals surface area contributed by atoms with Crippen molar-refractivity contribution in [2.75, 3.05) is 5.32 Å². The molecule has 1 aromatic carbocycles. The van der Waals surface area contributed by atoms with Gasteiger partial charge in [0.25, 0.3) is 0 Å². The van der Waals surface area contributed by atoms with Gasteiger partial charge in [0.2, 0.25) is 11.9 Å². The highest BCUT2D eigenvalue weighted by Crippen LogP contribution is 2.42. The lowest BCUT2D eigenvalue weighted by molar-refractivity contribution is -0.141. The van der Waals surface area contributed by atoms with Gasteiger partial charge in [0.1, 0.15) is 18.7 Å². The summed E-state index contributed by atoms with van der Waals surface area (Å²) in [4.78, 5) is 16.2. The highest BCUT2D eigenvalue weighted by atomic mass is 35.5. The van der Waals surface area contributed by atoms with Crippen molar-refractivity contribution in [2.24, 2.45) is 0 Å². The van der Waals surface area contributed by atoms with E-state index >= 15 is 0 Å². The van der Waals surface area contributed by atoms with Crippen LogP contribution in [0.4, 0.5) is 23.5 Å². The second-order valence-electron chi connectivity index (χ2n) is 6.90. The molecule has 1 amide bonds. The molecule has 0 aliphatic heterocycles. The molecule has 30 heavy (non-hydrogen) atoms. The number of hydrogen-bond donors (Lipinski definition) is 1. The minimum Gasteiger partial charge on any atom is -0.292 e. The van der Waals surface area contributed by atoms with Crippen molar-refractivity contribution in [3.05, 3.63) is 58.4 Å². The van der Waals surface area contributed by atoms with Crippen LogP contribution in [0.3, 0.4) is 0 Å². The summed E-state index contributed by atoms with van der Waals surface area (Å²) in [6.45, 7) is -0.413. The van der Waals surface area contributed by atoms with Gasteiger partial charge in [-0.2, -0.15) is 18.3 Å². The number of carbonyl (C=O) groups excluding carboxylic acids is 1. The summed E-state index contributed by atoms with van der Waals surface area (Å²) in [6.07, 6.45) is -1.78. The molecule has 0 bridgehead atoms. The molecule has 0 unspecified atom stereocenters. The van der Waals surface area contributed by atoms with Gasteiger partial charge >= 0.3 is 6.18 Å². The molecule has 158 valence electrons. The highest BCUT2D eigenvalue weighted by molar-refractivity contribution is 6.31. The number of benzene rings is 1. The largest absolute Gasteiger partial charge is 0.435 e. The van der Waals surface area contributed by atoms with Crippen molar-refractivity contribution >= 4 is 23.5 Å². The standard InChI is InChI=1S/C18H15ClF4N6O/c19-12-2-1-3-13(20)11(12)7-28-9-24-17(27-28)25-16(30)8-29-14(10-4-5-10)6-15(26-29)18(21,22)23/h1-3,6,9-10H,4-5,7-8H2,(H,25,27,30). The fourth-order valence-electron chi connectivity index (χ4n) is 2.98. The molecule has 7 nitrogen and oxygen atoms in total. The first-order valence-corrected chi connectivity index (χ1v) is 9.35. The first-order valence-electron chi connectivity index (χ1n) is 8.98. The predicted octanol–water partition coefficient (Wildman–Crippen LogP) is 3.85. The van der Waals surface area contributed by atoms with Crippen molar-refractivity contribution < 1.29 is 22.4 Å². The fourth-order valence-corrected chi connectivity index (χ4v) is 3.20. The Morgan fingerprint density at radius 3 is 2.70 bits per heavy atom. The number of nitrogens with one attached hydrogen (secondary N) is 1. The quantitative estimate of drug-likeness (QED) is 0.588. The normalized spacial score (nSPS) is 14.2. The van der Waals surface area contributed by atoms with Gasteiger partial charge in [-0.1, -0.05) is 17.7 Å². The molecule has 1 N–H and O–H groups in total. The number of rotatable bonds is 6. The van der Waals surface area contributed by atoms with E-state index in [4.69, 9.17) is 11.6 Å². The van der Waals surface area contributed by atoms with Crippen LogP contribution in [0, 0.1) is 5.82 Å². The second kappa shape index (κ2) is 7.71.